The first-order chi connectivity index (χ1) is 5.06. The lowest BCUT2D eigenvalue weighted by Gasteiger charge is -2.05. The molecule has 0 amide bonds. The highest BCUT2D eigenvalue weighted by molar-refractivity contribution is 4.94. The van der Waals surface area contributed by atoms with Crippen molar-refractivity contribution in [3.63, 3.8) is 0 Å². The highest BCUT2D eigenvalue weighted by Gasteiger charge is 2.46. The van der Waals surface area contributed by atoms with Gasteiger partial charge in [-0.1, -0.05) is 20.3 Å². The summed E-state index contributed by atoms with van der Waals surface area (Å²) < 4.78 is 5.50. The van der Waals surface area contributed by atoms with Gasteiger partial charge in [-0.15, -0.1) is 0 Å². The average Bonchev–Trinajstić information content (AvgIpc) is 2.54. The van der Waals surface area contributed by atoms with Gasteiger partial charge in [-0.25, -0.2) is 0 Å². The zero-order chi connectivity index (χ0) is 8.48. The van der Waals surface area contributed by atoms with Crippen LogP contribution in [-0.4, -0.2) is 11.7 Å². The molecule has 0 bridgehead atoms. The molecule has 1 fully saturated rings. The Morgan fingerprint density at radius 2 is 2.00 bits per heavy atom. The van der Waals surface area contributed by atoms with E-state index >= 15 is 0 Å². The fourth-order valence-corrected chi connectivity index (χ4v) is 1.38. The van der Waals surface area contributed by atoms with Crippen molar-refractivity contribution in [3.05, 3.63) is 0 Å². The van der Waals surface area contributed by atoms with E-state index in [0.29, 0.717) is 6.10 Å². The first kappa shape index (κ1) is 9.05. The van der Waals surface area contributed by atoms with E-state index in [1.807, 2.05) is 0 Å². The molecule has 1 heterocycles. The molecule has 1 nitrogen and oxygen atoms in total. The molecule has 0 aliphatic carbocycles. The Hall–Kier alpha value is -0.0400. The van der Waals surface area contributed by atoms with Gasteiger partial charge in [0.25, 0.3) is 0 Å². The van der Waals surface area contributed by atoms with E-state index in [-0.39, 0.29) is 5.60 Å². The second-order valence-corrected chi connectivity index (χ2v) is 4.30. The summed E-state index contributed by atoms with van der Waals surface area (Å²) in [7, 11) is 0. The van der Waals surface area contributed by atoms with Gasteiger partial charge in [-0.3, -0.25) is 0 Å². The van der Waals surface area contributed by atoms with Crippen molar-refractivity contribution in [1.29, 1.82) is 0 Å². The third kappa shape index (κ3) is 2.48. The van der Waals surface area contributed by atoms with Gasteiger partial charge in [-0.2, -0.15) is 0 Å². The molecule has 0 saturated carbocycles. The van der Waals surface area contributed by atoms with Crippen LogP contribution in [0, 0.1) is 5.92 Å². The number of ether oxygens (including phenoxy) is 1. The number of hydrogen-bond acceptors (Lipinski definition) is 1. The maximum atomic E-state index is 5.50. The second kappa shape index (κ2) is 3.14. The molecule has 2 unspecified atom stereocenters. The Kier molecular flexibility index (Phi) is 2.58. The lowest BCUT2D eigenvalue weighted by Crippen LogP contribution is -2.04. The van der Waals surface area contributed by atoms with Crippen molar-refractivity contribution in [3.8, 4) is 0 Å². The average molecular weight is 156 g/mol. The summed E-state index contributed by atoms with van der Waals surface area (Å²) in [5, 5.41) is 0. The molecule has 1 heteroatoms. The minimum atomic E-state index is 0.202. The van der Waals surface area contributed by atoms with Crippen LogP contribution in [0.3, 0.4) is 0 Å². The SMILES string of the molecule is CCC(C)CCC1OC1(C)C. The molecular formula is C10H20O. The highest BCUT2D eigenvalue weighted by Crippen LogP contribution is 2.39. The fraction of sp³-hybridized carbons (Fsp3) is 1.00. The van der Waals surface area contributed by atoms with Crippen LogP contribution in [0.4, 0.5) is 0 Å². The van der Waals surface area contributed by atoms with Crippen molar-refractivity contribution >= 4 is 0 Å². The van der Waals surface area contributed by atoms with Crippen LogP contribution < -0.4 is 0 Å². The van der Waals surface area contributed by atoms with Gasteiger partial charge in [0.05, 0.1) is 11.7 Å². The molecule has 2 atom stereocenters. The molecule has 0 aromatic rings. The molecule has 0 aromatic carbocycles. The van der Waals surface area contributed by atoms with Gasteiger partial charge in [0.2, 0.25) is 0 Å². The van der Waals surface area contributed by atoms with Crippen LogP contribution >= 0.6 is 0 Å². The maximum absolute atomic E-state index is 5.50. The fourth-order valence-electron chi connectivity index (χ4n) is 1.38. The number of hydrogen-bond donors (Lipinski definition) is 0. The zero-order valence-electron chi connectivity index (χ0n) is 8.18. The summed E-state index contributed by atoms with van der Waals surface area (Å²) in [5.74, 6) is 0.870. The first-order valence-corrected chi connectivity index (χ1v) is 4.74. The molecule has 66 valence electrons. The van der Waals surface area contributed by atoms with E-state index < -0.39 is 0 Å². The minimum Gasteiger partial charge on any atom is -0.367 e. The molecule has 1 saturated heterocycles. The van der Waals surface area contributed by atoms with Crippen molar-refractivity contribution in [1.82, 2.24) is 0 Å². The molecule has 1 aliphatic heterocycles. The van der Waals surface area contributed by atoms with E-state index in [2.05, 4.69) is 27.7 Å². The molecule has 1 rings (SSSR count). The van der Waals surface area contributed by atoms with Crippen molar-refractivity contribution in [2.24, 2.45) is 5.92 Å². The van der Waals surface area contributed by atoms with E-state index in [9.17, 15) is 0 Å². The quantitative estimate of drug-likeness (QED) is 0.570. The summed E-state index contributed by atoms with van der Waals surface area (Å²) >= 11 is 0. The van der Waals surface area contributed by atoms with Crippen molar-refractivity contribution < 1.29 is 4.74 Å². The predicted molar refractivity (Wildman–Crippen MR) is 47.6 cm³/mol. The second-order valence-electron chi connectivity index (χ2n) is 4.30. The Balaban J connectivity index is 2.06. The minimum absolute atomic E-state index is 0.202. The van der Waals surface area contributed by atoms with E-state index in [0.717, 1.165) is 5.92 Å². The molecule has 1 aliphatic rings. The van der Waals surface area contributed by atoms with Crippen LogP contribution in [-0.2, 0) is 4.74 Å². The lowest BCUT2D eigenvalue weighted by atomic mass is 9.98. The van der Waals surface area contributed by atoms with Gasteiger partial charge in [0, 0.05) is 0 Å². The molecule has 0 spiro atoms. The summed E-state index contributed by atoms with van der Waals surface area (Å²) in [6, 6.07) is 0. The van der Waals surface area contributed by atoms with Crippen LogP contribution in [0.1, 0.15) is 47.0 Å². The monoisotopic (exact) mass is 156 g/mol. The third-order valence-electron chi connectivity index (χ3n) is 2.78. The number of epoxide rings is 1. The van der Waals surface area contributed by atoms with Crippen LogP contribution in [0.2, 0.25) is 0 Å². The molecular weight excluding hydrogens is 136 g/mol. The third-order valence-corrected chi connectivity index (χ3v) is 2.78. The Morgan fingerprint density at radius 3 is 2.36 bits per heavy atom. The number of rotatable bonds is 4. The van der Waals surface area contributed by atoms with E-state index in [1.54, 1.807) is 0 Å². The summed E-state index contributed by atoms with van der Waals surface area (Å²) in [4.78, 5) is 0. The first-order valence-electron chi connectivity index (χ1n) is 4.74. The summed E-state index contributed by atoms with van der Waals surface area (Å²) in [5.41, 5.74) is 0.202. The summed E-state index contributed by atoms with van der Waals surface area (Å²) in [6.07, 6.45) is 4.43. The van der Waals surface area contributed by atoms with E-state index in [4.69, 9.17) is 4.74 Å². The Labute approximate surface area is 70.1 Å². The van der Waals surface area contributed by atoms with Gasteiger partial charge in [0.1, 0.15) is 0 Å². The van der Waals surface area contributed by atoms with Gasteiger partial charge in [-0.05, 0) is 32.6 Å². The lowest BCUT2D eigenvalue weighted by molar-refractivity contribution is 0.313. The molecule has 0 N–H and O–H groups in total. The summed E-state index contributed by atoms with van der Waals surface area (Å²) in [6.45, 7) is 8.92. The van der Waals surface area contributed by atoms with Crippen molar-refractivity contribution in [2.45, 2.75) is 58.7 Å². The van der Waals surface area contributed by atoms with Crippen molar-refractivity contribution in [2.75, 3.05) is 0 Å². The van der Waals surface area contributed by atoms with Crippen LogP contribution in [0.15, 0.2) is 0 Å². The molecule has 11 heavy (non-hydrogen) atoms. The Morgan fingerprint density at radius 1 is 1.45 bits per heavy atom. The zero-order valence-corrected chi connectivity index (χ0v) is 8.18. The highest BCUT2D eigenvalue weighted by atomic mass is 16.6. The van der Waals surface area contributed by atoms with Crippen LogP contribution in [0.25, 0.3) is 0 Å². The molecule has 0 radical (unpaired) electrons. The van der Waals surface area contributed by atoms with Gasteiger partial charge < -0.3 is 4.74 Å². The van der Waals surface area contributed by atoms with Gasteiger partial charge in [0.15, 0.2) is 0 Å². The molecule has 0 aromatic heterocycles. The largest absolute Gasteiger partial charge is 0.367 e. The Bertz CT molecular complexity index is 129. The smallest absolute Gasteiger partial charge is 0.0892 e. The predicted octanol–water partition coefficient (Wildman–Crippen LogP) is 2.99. The van der Waals surface area contributed by atoms with Crippen LogP contribution in [0.5, 0.6) is 0 Å². The standard InChI is InChI=1S/C10H20O/c1-5-8(2)6-7-9-10(3,4)11-9/h8-9H,5-7H2,1-4H3. The normalized spacial score (nSPS) is 30.0. The maximum Gasteiger partial charge on any atom is 0.0892 e. The topological polar surface area (TPSA) is 12.5 Å². The van der Waals surface area contributed by atoms with Gasteiger partial charge >= 0.3 is 0 Å². The van der Waals surface area contributed by atoms with E-state index in [1.165, 1.54) is 19.3 Å².